The number of carbonyl (C=O) groups is 1. The fraction of sp³-hybridized carbons (Fsp3) is 0.0588. The van der Waals surface area contributed by atoms with Gasteiger partial charge in [-0.15, -0.1) is 0 Å². The average molecular weight is 358 g/mol. The summed E-state index contributed by atoms with van der Waals surface area (Å²) < 4.78 is 5.05. The van der Waals surface area contributed by atoms with E-state index in [0.717, 1.165) is 0 Å². The number of hydrogen-bond donors (Lipinski definition) is 2. The van der Waals surface area contributed by atoms with Crippen LogP contribution in [0.1, 0.15) is 0 Å². The van der Waals surface area contributed by atoms with E-state index in [0.29, 0.717) is 16.5 Å². The molecule has 3 aromatic carbocycles. The summed E-state index contributed by atoms with van der Waals surface area (Å²) in [6.45, 7) is 0. The van der Waals surface area contributed by atoms with Crippen LogP contribution in [0.15, 0.2) is 57.2 Å². The third-order valence-corrected chi connectivity index (χ3v) is 3.87. The lowest BCUT2D eigenvalue weighted by molar-refractivity contribution is 0.252. The van der Waals surface area contributed by atoms with Crippen molar-refractivity contribution in [2.24, 2.45) is 5.10 Å². The Morgan fingerprint density at radius 1 is 1.08 bits per heavy atom. The van der Waals surface area contributed by atoms with Crippen LogP contribution in [-0.2, 0) is 0 Å². The van der Waals surface area contributed by atoms with Crippen LogP contribution < -0.4 is 31.7 Å². The molecule has 3 rings (SSSR count). The molecule has 0 heterocycles. The lowest BCUT2D eigenvalue weighted by Crippen LogP contribution is -2.36. The van der Waals surface area contributed by atoms with Crippen molar-refractivity contribution in [2.45, 2.75) is 0 Å². The number of hydrogen-bond acceptors (Lipinski definition) is 5. The second-order valence-electron chi connectivity index (χ2n) is 5.08. The molecule has 0 aromatic heterocycles. The van der Waals surface area contributed by atoms with E-state index in [-0.39, 0.29) is 16.1 Å². The highest BCUT2D eigenvalue weighted by atomic mass is 35.5. The van der Waals surface area contributed by atoms with Crippen LogP contribution >= 0.6 is 11.6 Å². The van der Waals surface area contributed by atoms with Crippen molar-refractivity contribution in [3.63, 3.8) is 0 Å². The van der Waals surface area contributed by atoms with Crippen molar-refractivity contribution in [2.75, 3.05) is 12.4 Å². The van der Waals surface area contributed by atoms with Crippen LogP contribution in [0, 0.1) is 0 Å². The molecule has 0 aliphatic carbocycles. The molecule has 8 heteroatoms. The van der Waals surface area contributed by atoms with Gasteiger partial charge in [0.05, 0.1) is 17.8 Å². The number of anilines is 1. The normalized spacial score (nSPS) is 10.5. The lowest BCUT2D eigenvalue weighted by atomic mass is 10.2. The fourth-order valence-corrected chi connectivity index (χ4v) is 2.49. The summed E-state index contributed by atoms with van der Waals surface area (Å²) in [6, 6.07) is 10.3. The molecule has 2 N–H and O–H groups in total. The highest BCUT2D eigenvalue weighted by Gasteiger charge is 2.11. The molecular formula is C17H12ClN3O4. The van der Waals surface area contributed by atoms with Gasteiger partial charge in [-0.1, -0.05) is 35.9 Å². The molecule has 2 amide bonds. The van der Waals surface area contributed by atoms with Crippen LogP contribution in [0.3, 0.4) is 0 Å². The third-order valence-electron chi connectivity index (χ3n) is 3.54. The SMILES string of the molecule is COc1ccc(Cl)c(NC(=O)NN=c2c(=O)c3ccccc3c2=O)c1. The van der Waals surface area contributed by atoms with E-state index in [1.807, 2.05) is 0 Å². The molecule has 7 nitrogen and oxygen atoms in total. The highest BCUT2D eigenvalue weighted by Crippen LogP contribution is 2.26. The molecule has 3 aromatic rings. The van der Waals surface area contributed by atoms with Crippen molar-refractivity contribution in [1.82, 2.24) is 5.43 Å². The van der Waals surface area contributed by atoms with Gasteiger partial charge in [0, 0.05) is 16.8 Å². The first-order chi connectivity index (χ1) is 12.0. The zero-order valence-corrected chi connectivity index (χ0v) is 13.8. The summed E-state index contributed by atoms with van der Waals surface area (Å²) in [5, 5.41) is 6.61. The minimum absolute atomic E-state index is 0.268. The van der Waals surface area contributed by atoms with Crippen LogP contribution in [-0.4, -0.2) is 13.1 Å². The Bertz CT molecular complexity index is 1070. The predicted molar refractivity (Wildman–Crippen MR) is 94.6 cm³/mol. The molecule has 0 aliphatic heterocycles. The van der Waals surface area contributed by atoms with Gasteiger partial charge in [0.15, 0.2) is 5.36 Å². The first-order valence-electron chi connectivity index (χ1n) is 7.18. The molecule has 0 aliphatic rings. The molecule has 0 bridgehead atoms. The van der Waals surface area contributed by atoms with Crippen LogP contribution in [0.2, 0.25) is 5.02 Å². The van der Waals surface area contributed by atoms with Gasteiger partial charge in [-0.3, -0.25) is 9.59 Å². The number of ether oxygens (including phenoxy) is 1. The Labute approximate surface area is 146 Å². The summed E-state index contributed by atoms with van der Waals surface area (Å²) in [7, 11) is 1.48. The zero-order chi connectivity index (χ0) is 18.0. The standard InChI is InChI=1S/C17H12ClN3O4/c1-25-9-6-7-12(18)13(8-9)19-17(24)21-20-14-15(22)10-4-2-3-5-11(10)16(14)23/h2-8H,1H3,(H2,19,21,24). The van der Waals surface area contributed by atoms with Crippen LogP contribution in [0.25, 0.3) is 10.8 Å². The Kier molecular flexibility index (Phi) is 4.49. The first-order valence-corrected chi connectivity index (χ1v) is 7.55. The Morgan fingerprint density at radius 2 is 1.72 bits per heavy atom. The topological polar surface area (TPSA) is 96.9 Å². The van der Waals surface area contributed by atoms with Crippen LogP contribution in [0.4, 0.5) is 10.5 Å². The molecule has 0 spiro atoms. The molecule has 0 fully saturated rings. The monoisotopic (exact) mass is 357 g/mol. The van der Waals surface area contributed by atoms with Crippen molar-refractivity contribution in [3.8, 4) is 5.75 Å². The maximum absolute atomic E-state index is 12.2. The van der Waals surface area contributed by atoms with Gasteiger partial charge < -0.3 is 10.1 Å². The number of amides is 2. The zero-order valence-electron chi connectivity index (χ0n) is 13.0. The van der Waals surface area contributed by atoms with Gasteiger partial charge >= 0.3 is 6.03 Å². The van der Waals surface area contributed by atoms with E-state index in [4.69, 9.17) is 16.3 Å². The maximum atomic E-state index is 12.2. The quantitative estimate of drug-likeness (QED) is 0.698. The summed E-state index contributed by atoms with van der Waals surface area (Å²) in [5.41, 5.74) is 1.37. The number of urea groups is 1. The number of nitrogens with one attached hydrogen (secondary N) is 2. The Balaban J connectivity index is 1.87. The van der Waals surface area contributed by atoms with E-state index in [1.165, 1.54) is 25.3 Å². The van der Waals surface area contributed by atoms with Gasteiger partial charge in [0.25, 0.3) is 0 Å². The second-order valence-corrected chi connectivity index (χ2v) is 5.48. The molecule has 0 unspecified atom stereocenters. The van der Waals surface area contributed by atoms with Crippen molar-refractivity contribution in [1.29, 1.82) is 0 Å². The van der Waals surface area contributed by atoms with Gasteiger partial charge in [-0.2, -0.15) is 5.10 Å². The summed E-state index contributed by atoms with van der Waals surface area (Å²) in [6.07, 6.45) is 0. The third kappa shape index (κ3) is 3.22. The summed E-state index contributed by atoms with van der Waals surface area (Å²) in [4.78, 5) is 36.3. The predicted octanol–water partition coefficient (Wildman–Crippen LogP) is 1.74. The molecule has 0 saturated carbocycles. The lowest BCUT2D eigenvalue weighted by Gasteiger charge is -2.08. The number of nitrogens with zero attached hydrogens (tertiary/aromatic N) is 1. The number of methoxy groups -OCH3 is 1. The average Bonchev–Trinajstić information content (AvgIpc) is 2.86. The van der Waals surface area contributed by atoms with E-state index < -0.39 is 16.9 Å². The van der Waals surface area contributed by atoms with Gasteiger partial charge in [0.1, 0.15) is 5.75 Å². The van der Waals surface area contributed by atoms with Gasteiger partial charge in [-0.25, -0.2) is 10.2 Å². The van der Waals surface area contributed by atoms with Crippen molar-refractivity contribution < 1.29 is 9.53 Å². The number of carbonyl (C=O) groups excluding carboxylic acids is 1. The second kappa shape index (κ2) is 6.74. The molecule has 0 radical (unpaired) electrons. The van der Waals surface area contributed by atoms with Crippen molar-refractivity contribution in [3.05, 3.63) is 73.3 Å². The molecule has 0 saturated heterocycles. The highest BCUT2D eigenvalue weighted by molar-refractivity contribution is 6.33. The molecule has 25 heavy (non-hydrogen) atoms. The first kappa shape index (κ1) is 16.7. The Morgan fingerprint density at radius 3 is 2.32 bits per heavy atom. The fourth-order valence-electron chi connectivity index (χ4n) is 2.32. The van der Waals surface area contributed by atoms with E-state index >= 15 is 0 Å². The molecule has 0 atom stereocenters. The summed E-state index contributed by atoms with van der Waals surface area (Å²) in [5.74, 6) is 0.502. The van der Waals surface area contributed by atoms with E-state index in [9.17, 15) is 14.4 Å². The number of rotatable bonds is 3. The minimum Gasteiger partial charge on any atom is -0.497 e. The molecular weight excluding hydrogens is 346 g/mol. The number of halogens is 1. The van der Waals surface area contributed by atoms with Crippen LogP contribution in [0.5, 0.6) is 5.75 Å². The number of fused-ring (bicyclic) bond motifs is 1. The molecule has 126 valence electrons. The summed E-state index contributed by atoms with van der Waals surface area (Å²) >= 11 is 5.99. The largest absolute Gasteiger partial charge is 0.497 e. The van der Waals surface area contributed by atoms with Gasteiger partial charge in [-0.05, 0) is 12.1 Å². The van der Waals surface area contributed by atoms with Gasteiger partial charge in [0.2, 0.25) is 10.9 Å². The minimum atomic E-state index is -0.751. The maximum Gasteiger partial charge on any atom is 0.339 e. The smallest absolute Gasteiger partial charge is 0.339 e. The Hall–Kier alpha value is -3.19. The van der Waals surface area contributed by atoms with E-state index in [2.05, 4.69) is 15.8 Å². The number of benzene rings is 2. The van der Waals surface area contributed by atoms with E-state index in [1.54, 1.807) is 24.3 Å². The van der Waals surface area contributed by atoms with Crippen molar-refractivity contribution >= 4 is 34.1 Å².